The van der Waals surface area contributed by atoms with Gasteiger partial charge in [-0.25, -0.2) is 9.59 Å². The Labute approximate surface area is 303 Å². The van der Waals surface area contributed by atoms with Crippen molar-refractivity contribution in [3.8, 4) is 0 Å². The summed E-state index contributed by atoms with van der Waals surface area (Å²) in [6.07, 6.45) is -1.65. The zero-order valence-electron chi connectivity index (χ0n) is 29.5. The van der Waals surface area contributed by atoms with E-state index < -0.39 is 56.5 Å². The maximum atomic E-state index is 14.6. The summed E-state index contributed by atoms with van der Waals surface area (Å²) in [5.74, 6) is -1.56. The van der Waals surface area contributed by atoms with Crippen molar-refractivity contribution < 1.29 is 33.8 Å². The number of hydrogen-bond donors (Lipinski definition) is 3. The third-order valence-electron chi connectivity index (χ3n) is 9.32. The summed E-state index contributed by atoms with van der Waals surface area (Å²) in [6.45, 7) is 14.3. The summed E-state index contributed by atoms with van der Waals surface area (Å²) in [7, 11) is 0. The van der Waals surface area contributed by atoms with Gasteiger partial charge in [-0.3, -0.25) is 9.10 Å². The number of alkyl halides is 1. The van der Waals surface area contributed by atoms with E-state index in [9.17, 15) is 24.3 Å². The van der Waals surface area contributed by atoms with Crippen LogP contribution in [0, 0.1) is 16.7 Å². The van der Waals surface area contributed by atoms with E-state index in [1.54, 1.807) is 41.5 Å². The van der Waals surface area contributed by atoms with Crippen LogP contribution in [-0.2, 0) is 19.1 Å². The van der Waals surface area contributed by atoms with Crippen LogP contribution in [-0.4, -0.2) is 86.5 Å². The number of nitrogens with one attached hydrogen (secondary N) is 1. The molecule has 0 aromatic heterocycles. The molecule has 1 fully saturated rings. The predicted octanol–water partition coefficient (Wildman–Crippen LogP) is 6.38. The van der Waals surface area contributed by atoms with Gasteiger partial charge >= 0.3 is 12.2 Å². The summed E-state index contributed by atoms with van der Waals surface area (Å²) in [5, 5.41) is 14.9. The number of amides is 3. The van der Waals surface area contributed by atoms with Crippen LogP contribution in [0.1, 0.15) is 66.5 Å². The number of aliphatic hydroxyl groups excluding tert-OH is 1. The first-order valence-corrected chi connectivity index (χ1v) is 17.6. The molecule has 2 N–H and O–H groups in total. The van der Waals surface area contributed by atoms with Crippen LogP contribution in [0.2, 0.25) is 0 Å². The number of carbonyl (C=O) groups excluding carboxylic acids is 4. The number of benzene rings is 2. The van der Waals surface area contributed by atoms with E-state index in [2.05, 4.69) is 34.1 Å². The number of rotatable bonds is 10. The zero-order valence-corrected chi connectivity index (χ0v) is 31.9. The van der Waals surface area contributed by atoms with Crippen LogP contribution < -0.4 is 5.32 Å². The minimum atomic E-state index is -1.50. The number of fused-ring (bicyclic) bond motifs is 2. The normalized spacial score (nSPS) is 26.3. The van der Waals surface area contributed by atoms with Gasteiger partial charge in [-0.1, -0.05) is 103 Å². The molecule has 0 saturated heterocycles. The molecule has 2 bridgehead atoms. The van der Waals surface area contributed by atoms with E-state index in [0.29, 0.717) is 0 Å². The maximum Gasteiger partial charge on any atom is 0.410 e. The molecular formula is C37H48BrN3O7S. The molecule has 0 aliphatic heterocycles. The second-order valence-electron chi connectivity index (χ2n) is 15.0. The molecule has 0 heterocycles. The molecule has 2 aromatic carbocycles. The summed E-state index contributed by atoms with van der Waals surface area (Å²) < 4.78 is 10.6. The Morgan fingerprint density at radius 1 is 0.878 bits per heavy atom. The largest absolute Gasteiger partial charge is 0.444 e. The molecule has 266 valence electrons. The molecule has 0 radical (unpaired) electrons. The van der Waals surface area contributed by atoms with Gasteiger partial charge in [-0.05, 0) is 63.8 Å². The molecule has 12 heteroatoms. The lowest BCUT2D eigenvalue weighted by Gasteiger charge is -2.46. The molecule has 2 aliphatic carbocycles. The zero-order chi connectivity index (χ0) is 36.6. The second-order valence-corrected chi connectivity index (χ2v) is 16.8. The number of alkyl carbamates (subject to hydrolysis) is 1. The Hall–Kier alpha value is -3.35. The Bertz CT molecular complexity index is 1590. The topological polar surface area (TPSA) is 125 Å². The highest BCUT2D eigenvalue weighted by atomic mass is 79.9. The molecule has 3 amide bonds. The quantitative estimate of drug-likeness (QED) is 0.146. The predicted molar refractivity (Wildman–Crippen MR) is 196 cm³/mol. The molecule has 10 nitrogen and oxygen atoms in total. The fourth-order valence-corrected chi connectivity index (χ4v) is 8.57. The summed E-state index contributed by atoms with van der Waals surface area (Å²) in [4.78, 5) is 54.6. The number of ether oxygens (including phenoxy) is 2. The first-order chi connectivity index (χ1) is 22.7. The number of aldehydes is 1. The van der Waals surface area contributed by atoms with E-state index in [-0.39, 0.29) is 26.2 Å². The third kappa shape index (κ3) is 7.28. The lowest BCUT2D eigenvalue weighted by Crippen LogP contribution is -2.54. The standard InChI is InChI=1S/C37H48BrN3O7S/c1-33(2,3)47-31(45)39-19-20-40(32(46)48-34(4,5)6)21-22-41(49)29(43)28-35(7)26(24-15-11-9-12-16-24)27(25-17-13-10-14-18-25)36(8,30(35)44)37(28,38)23-42/h9-18,23,28,30,44,49H,19-22H2,1-8H3,(H,39,45). The highest BCUT2D eigenvalue weighted by Crippen LogP contribution is 2.76. The first kappa shape index (κ1) is 38.5. The fourth-order valence-electron chi connectivity index (χ4n) is 7.28. The summed E-state index contributed by atoms with van der Waals surface area (Å²) in [5.41, 5.74) is -0.636. The van der Waals surface area contributed by atoms with Crippen molar-refractivity contribution in [3.63, 3.8) is 0 Å². The molecule has 4 rings (SSSR count). The molecule has 2 aliphatic rings. The number of aliphatic hydroxyl groups is 1. The number of thiol groups is 1. The van der Waals surface area contributed by atoms with E-state index in [0.717, 1.165) is 28.6 Å². The fraction of sp³-hybridized carbons (Fsp3) is 0.514. The van der Waals surface area contributed by atoms with Crippen molar-refractivity contribution in [2.24, 2.45) is 16.7 Å². The van der Waals surface area contributed by atoms with Gasteiger partial charge in [0, 0.05) is 37.0 Å². The number of halogens is 1. The molecule has 1 saturated carbocycles. The van der Waals surface area contributed by atoms with Gasteiger partial charge < -0.3 is 29.6 Å². The minimum Gasteiger partial charge on any atom is -0.444 e. The molecular weight excluding hydrogens is 710 g/mol. The van der Waals surface area contributed by atoms with E-state index in [4.69, 9.17) is 9.47 Å². The average molecular weight is 759 g/mol. The summed E-state index contributed by atoms with van der Waals surface area (Å²) in [6, 6.07) is 19.2. The first-order valence-electron chi connectivity index (χ1n) is 16.4. The SMILES string of the molecule is CC(C)(C)OC(=O)NCCN(CCN(S)C(=O)C1C2(C)C(c3ccccc3)=C(c3ccccc3)C(C)(C2O)C1(Br)C=O)C(=O)OC(C)(C)C. The Balaban J connectivity index is 1.66. The van der Waals surface area contributed by atoms with Crippen LogP contribution in [0.3, 0.4) is 0 Å². The van der Waals surface area contributed by atoms with Gasteiger partial charge in [0.15, 0.2) is 0 Å². The van der Waals surface area contributed by atoms with Gasteiger partial charge in [0.05, 0.1) is 12.0 Å². The van der Waals surface area contributed by atoms with Crippen molar-refractivity contribution in [2.45, 2.75) is 77.0 Å². The minimum absolute atomic E-state index is 0.0103. The van der Waals surface area contributed by atoms with Crippen LogP contribution in [0.4, 0.5) is 9.59 Å². The molecule has 0 spiro atoms. The van der Waals surface area contributed by atoms with E-state index in [1.165, 1.54) is 9.21 Å². The highest BCUT2D eigenvalue weighted by Gasteiger charge is 2.79. The Morgan fingerprint density at radius 3 is 1.88 bits per heavy atom. The number of carbonyl (C=O) groups is 4. The second kappa shape index (κ2) is 14.1. The van der Waals surface area contributed by atoms with E-state index in [1.807, 2.05) is 74.5 Å². The van der Waals surface area contributed by atoms with Crippen LogP contribution in [0.5, 0.6) is 0 Å². The van der Waals surface area contributed by atoms with Crippen molar-refractivity contribution in [1.82, 2.24) is 14.5 Å². The van der Waals surface area contributed by atoms with Crippen molar-refractivity contribution in [3.05, 3.63) is 71.8 Å². The highest BCUT2D eigenvalue weighted by molar-refractivity contribution is 9.10. The van der Waals surface area contributed by atoms with Crippen molar-refractivity contribution in [1.29, 1.82) is 0 Å². The van der Waals surface area contributed by atoms with Crippen LogP contribution in [0.15, 0.2) is 60.7 Å². The maximum absolute atomic E-state index is 14.6. The van der Waals surface area contributed by atoms with Gasteiger partial charge in [-0.2, -0.15) is 0 Å². The monoisotopic (exact) mass is 757 g/mol. The van der Waals surface area contributed by atoms with Gasteiger partial charge in [0.25, 0.3) is 0 Å². The molecule has 5 unspecified atom stereocenters. The molecule has 2 aromatic rings. The lowest BCUT2D eigenvalue weighted by atomic mass is 9.62. The third-order valence-corrected chi connectivity index (χ3v) is 11.2. The Morgan fingerprint density at radius 2 is 1.39 bits per heavy atom. The van der Waals surface area contributed by atoms with Crippen LogP contribution >= 0.6 is 28.7 Å². The smallest absolute Gasteiger partial charge is 0.410 e. The van der Waals surface area contributed by atoms with Crippen LogP contribution in [0.25, 0.3) is 11.1 Å². The number of hydrogen-bond acceptors (Lipinski definition) is 8. The van der Waals surface area contributed by atoms with Gasteiger partial charge in [-0.15, -0.1) is 0 Å². The van der Waals surface area contributed by atoms with Crippen molar-refractivity contribution >= 4 is 64.3 Å². The lowest BCUT2D eigenvalue weighted by molar-refractivity contribution is -0.135. The van der Waals surface area contributed by atoms with Gasteiger partial charge in [0.2, 0.25) is 5.91 Å². The average Bonchev–Trinajstić information content (AvgIpc) is 3.28. The van der Waals surface area contributed by atoms with E-state index >= 15 is 0 Å². The van der Waals surface area contributed by atoms with Crippen molar-refractivity contribution in [2.75, 3.05) is 26.2 Å². The molecule has 49 heavy (non-hydrogen) atoms. The Kier molecular flexibility index (Phi) is 11.1. The van der Waals surface area contributed by atoms with Gasteiger partial charge in [0.1, 0.15) is 21.8 Å². The summed E-state index contributed by atoms with van der Waals surface area (Å²) >= 11 is 8.33. The molecule has 5 atom stereocenters. The number of nitrogens with zero attached hydrogens (tertiary/aromatic N) is 2.